The second-order valence-electron chi connectivity index (χ2n) is 1.61. The Hall–Kier alpha value is 0.370. The number of carbonyl (C=O) groups excluding carboxylic acids is 1. The molecule has 1 unspecified atom stereocenters. The Morgan fingerprint density at radius 1 is 1.67 bits per heavy atom. The van der Waals surface area contributed by atoms with Gasteiger partial charge < -0.3 is 4.79 Å². The zero-order valence-electron chi connectivity index (χ0n) is 5.79. The maximum Gasteiger partial charge on any atom is 0.142 e. The number of thioether (sulfide) groups is 2. The molecule has 3 heteroatoms. The molecule has 0 saturated heterocycles. The SMILES string of the molecule is CCCSC(C=O)SC. The predicted molar refractivity (Wildman–Crippen MR) is 46.1 cm³/mol. The summed E-state index contributed by atoms with van der Waals surface area (Å²) in [5, 5.41) is 0. The third kappa shape index (κ3) is 4.85. The number of hydrogen-bond donors (Lipinski definition) is 0. The van der Waals surface area contributed by atoms with Crippen molar-refractivity contribution in [2.75, 3.05) is 12.0 Å². The van der Waals surface area contributed by atoms with Crippen LogP contribution in [0.1, 0.15) is 13.3 Å². The summed E-state index contributed by atoms with van der Waals surface area (Å²) in [7, 11) is 0. The first kappa shape index (κ1) is 9.37. The van der Waals surface area contributed by atoms with Crippen molar-refractivity contribution in [2.24, 2.45) is 0 Å². The molecule has 0 aromatic heterocycles. The summed E-state index contributed by atoms with van der Waals surface area (Å²) in [6, 6.07) is 0. The van der Waals surface area contributed by atoms with E-state index in [9.17, 15) is 4.79 Å². The lowest BCUT2D eigenvalue weighted by Crippen LogP contribution is -1.97. The van der Waals surface area contributed by atoms with Crippen LogP contribution >= 0.6 is 23.5 Å². The summed E-state index contributed by atoms with van der Waals surface area (Å²) in [6.07, 6.45) is 4.11. The van der Waals surface area contributed by atoms with E-state index in [1.807, 2.05) is 6.26 Å². The fraction of sp³-hybridized carbons (Fsp3) is 0.833. The summed E-state index contributed by atoms with van der Waals surface area (Å²) in [5.41, 5.74) is 0. The number of rotatable bonds is 5. The van der Waals surface area contributed by atoms with Crippen LogP contribution in [0.15, 0.2) is 0 Å². The van der Waals surface area contributed by atoms with E-state index in [0.717, 1.165) is 18.5 Å². The third-order valence-corrected chi connectivity index (χ3v) is 3.47. The van der Waals surface area contributed by atoms with Crippen LogP contribution in [0.3, 0.4) is 0 Å². The molecule has 9 heavy (non-hydrogen) atoms. The number of hydrogen-bond acceptors (Lipinski definition) is 3. The lowest BCUT2D eigenvalue weighted by atomic mass is 10.6. The molecule has 0 amide bonds. The van der Waals surface area contributed by atoms with Crippen LogP contribution in [0.2, 0.25) is 0 Å². The van der Waals surface area contributed by atoms with Crippen molar-refractivity contribution in [3.05, 3.63) is 0 Å². The Labute approximate surface area is 65.0 Å². The largest absolute Gasteiger partial charge is 0.301 e. The highest BCUT2D eigenvalue weighted by atomic mass is 32.2. The molecule has 1 nitrogen and oxygen atoms in total. The predicted octanol–water partition coefficient (Wildman–Crippen LogP) is 2.02. The summed E-state index contributed by atoms with van der Waals surface area (Å²) >= 11 is 3.32. The van der Waals surface area contributed by atoms with E-state index in [2.05, 4.69) is 6.92 Å². The first-order valence-corrected chi connectivity index (χ1v) is 5.28. The highest BCUT2D eigenvalue weighted by Crippen LogP contribution is 2.19. The first-order chi connectivity index (χ1) is 4.35. The zero-order chi connectivity index (χ0) is 7.11. The molecule has 0 aromatic rings. The van der Waals surface area contributed by atoms with Crippen LogP contribution in [-0.2, 0) is 4.79 Å². The van der Waals surface area contributed by atoms with Crippen LogP contribution in [0.25, 0.3) is 0 Å². The van der Waals surface area contributed by atoms with Crippen LogP contribution in [-0.4, -0.2) is 22.9 Å². The second kappa shape index (κ2) is 6.49. The van der Waals surface area contributed by atoms with Crippen LogP contribution < -0.4 is 0 Å². The number of carbonyl (C=O) groups is 1. The van der Waals surface area contributed by atoms with E-state index in [-0.39, 0.29) is 4.58 Å². The molecule has 0 aliphatic carbocycles. The first-order valence-electron chi connectivity index (χ1n) is 2.94. The van der Waals surface area contributed by atoms with Crippen LogP contribution in [0.5, 0.6) is 0 Å². The minimum atomic E-state index is 0.157. The van der Waals surface area contributed by atoms with Crippen molar-refractivity contribution < 1.29 is 4.79 Å². The van der Waals surface area contributed by atoms with Gasteiger partial charge in [0.2, 0.25) is 0 Å². The second-order valence-corrected chi connectivity index (χ2v) is 4.14. The molecule has 0 rings (SSSR count). The molecule has 0 heterocycles. The van der Waals surface area contributed by atoms with Gasteiger partial charge in [-0.3, -0.25) is 0 Å². The van der Waals surface area contributed by atoms with E-state index in [4.69, 9.17) is 0 Å². The van der Waals surface area contributed by atoms with Gasteiger partial charge in [-0.15, -0.1) is 23.5 Å². The smallest absolute Gasteiger partial charge is 0.142 e. The van der Waals surface area contributed by atoms with Crippen molar-refractivity contribution in [2.45, 2.75) is 17.9 Å². The van der Waals surface area contributed by atoms with Crippen molar-refractivity contribution >= 4 is 29.8 Å². The zero-order valence-corrected chi connectivity index (χ0v) is 7.43. The molecule has 0 aliphatic rings. The van der Waals surface area contributed by atoms with Gasteiger partial charge >= 0.3 is 0 Å². The average Bonchev–Trinajstić information content (AvgIpc) is 1.91. The fourth-order valence-electron chi connectivity index (χ4n) is 0.397. The van der Waals surface area contributed by atoms with Gasteiger partial charge in [0.05, 0.1) is 0 Å². The maximum atomic E-state index is 10.2. The van der Waals surface area contributed by atoms with Gasteiger partial charge in [-0.1, -0.05) is 6.92 Å². The number of aldehydes is 1. The Balaban J connectivity index is 3.20. The normalized spacial score (nSPS) is 13.1. The van der Waals surface area contributed by atoms with Crippen molar-refractivity contribution in [3.8, 4) is 0 Å². The Bertz CT molecular complexity index is 75.5. The molecule has 0 N–H and O–H groups in total. The van der Waals surface area contributed by atoms with Crippen molar-refractivity contribution in [1.82, 2.24) is 0 Å². The van der Waals surface area contributed by atoms with Gasteiger partial charge in [-0.25, -0.2) is 0 Å². The van der Waals surface area contributed by atoms with E-state index in [1.165, 1.54) is 0 Å². The molecule has 0 spiro atoms. The topological polar surface area (TPSA) is 17.1 Å². The molecular formula is C6H12OS2. The Morgan fingerprint density at radius 3 is 2.67 bits per heavy atom. The lowest BCUT2D eigenvalue weighted by Gasteiger charge is -2.03. The van der Waals surface area contributed by atoms with Crippen molar-refractivity contribution in [1.29, 1.82) is 0 Å². The van der Waals surface area contributed by atoms with E-state index >= 15 is 0 Å². The van der Waals surface area contributed by atoms with Gasteiger partial charge in [0.1, 0.15) is 10.9 Å². The van der Waals surface area contributed by atoms with Gasteiger partial charge in [0.15, 0.2) is 0 Å². The molecule has 0 bridgehead atoms. The summed E-state index contributed by atoms with van der Waals surface area (Å²) in [5.74, 6) is 1.09. The van der Waals surface area contributed by atoms with Gasteiger partial charge in [-0.05, 0) is 18.4 Å². The van der Waals surface area contributed by atoms with Crippen LogP contribution in [0.4, 0.5) is 0 Å². The standard InChI is InChI=1S/C6H12OS2/c1-3-4-9-6(5-7)8-2/h5-6H,3-4H2,1-2H3. The summed E-state index contributed by atoms with van der Waals surface area (Å²) in [6.45, 7) is 2.12. The fourth-order valence-corrected chi connectivity index (χ4v) is 1.89. The molecule has 0 saturated carbocycles. The van der Waals surface area contributed by atoms with E-state index in [1.54, 1.807) is 23.5 Å². The molecule has 1 atom stereocenters. The van der Waals surface area contributed by atoms with Gasteiger partial charge in [0.25, 0.3) is 0 Å². The van der Waals surface area contributed by atoms with Gasteiger partial charge in [-0.2, -0.15) is 0 Å². The monoisotopic (exact) mass is 164 g/mol. The average molecular weight is 164 g/mol. The molecule has 0 fully saturated rings. The minimum Gasteiger partial charge on any atom is -0.301 e. The van der Waals surface area contributed by atoms with E-state index < -0.39 is 0 Å². The quantitative estimate of drug-likeness (QED) is 0.457. The molecule has 0 aliphatic heterocycles. The summed E-state index contributed by atoms with van der Waals surface area (Å²) in [4.78, 5) is 10.2. The Kier molecular flexibility index (Phi) is 6.76. The molecule has 0 aromatic carbocycles. The molecule has 54 valence electrons. The Morgan fingerprint density at radius 2 is 2.33 bits per heavy atom. The summed E-state index contributed by atoms with van der Waals surface area (Å²) < 4.78 is 0.157. The third-order valence-electron chi connectivity index (χ3n) is 0.830. The minimum absolute atomic E-state index is 0.157. The van der Waals surface area contributed by atoms with Gasteiger partial charge in [0, 0.05) is 0 Å². The van der Waals surface area contributed by atoms with E-state index in [0.29, 0.717) is 0 Å². The van der Waals surface area contributed by atoms with Crippen LogP contribution in [0, 0.1) is 0 Å². The lowest BCUT2D eigenvalue weighted by molar-refractivity contribution is -0.106. The highest BCUT2D eigenvalue weighted by molar-refractivity contribution is 8.17. The van der Waals surface area contributed by atoms with Crippen molar-refractivity contribution in [3.63, 3.8) is 0 Å². The molecular weight excluding hydrogens is 152 g/mol. The highest BCUT2D eigenvalue weighted by Gasteiger charge is 2.02. The molecule has 0 radical (unpaired) electrons. The maximum absolute atomic E-state index is 10.2.